The van der Waals surface area contributed by atoms with Gasteiger partial charge in [-0.05, 0) is 37.1 Å². The van der Waals surface area contributed by atoms with E-state index in [0.717, 1.165) is 17.4 Å². The minimum absolute atomic E-state index is 0.513. The van der Waals surface area contributed by atoms with E-state index < -0.39 is 11.6 Å². The maximum absolute atomic E-state index is 13.1. The van der Waals surface area contributed by atoms with E-state index in [0.29, 0.717) is 24.3 Å². The lowest BCUT2D eigenvalue weighted by Crippen LogP contribution is -2.07. The maximum atomic E-state index is 13.1. The number of nitrogens with one attached hydrogen (secondary N) is 1. The lowest BCUT2D eigenvalue weighted by Gasteiger charge is -2.11. The summed E-state index contributed by atoms with van der Waals surface area (Å²) in [7, 11) is 1.57. The van der Waals surface area contributed by atoms with Gasteiger partial charge < -0.3 is 10.1 Å². The Morgan fingerprint density at radius 3 is 2.50 bits per heavy atom. The Morgan fingerprint density at radius 1 is 1.15 bits per heavy atom. The molecule has 1 aromatic heterocycles. The first-order chi connectivity index (χ1) is 9.58. The standard InChI is InChI=1S/C15H16F2N2O/c1-10-5-14(15(20-2)9-19-10)18-4-3-11-6-12(16)8-13(17)7-11/h5-9H,3-4H2,1-2H3,(H,18,19). The summed E-state index contributed by atoms with van der Waals surface area (Å²) in [6.07, 6.45) is 2.15. The smallest absolute Gasteiger partial charge is 0.160 e. The molecular weight excluding hydrogens is 262 g/mol. The highest BCUT2D eigenvalue weighted by Gasteiger charge is 2.04. The molecular formula is C15H16F2N2O. The van der Waals surface area contributed by atoms with E-state index in [1.165, 1.54) is 12.1 Å². The van der Waals surface area contributed by atoms with Crippen molar-refractivity contribution in [3.63, 3.8) is 0 Å². The molecule has 106 valence electrons. The topological polar surface area (TPSA) is 34.1 Å². The average Bonchev–Trinajstić information content (AvgIpc) is 2.38. The summed E-state index contributed by atoms with van der Waals surface area (Å²) in [5.74, 6) is -0.476. The molecule has 5 heteroatoms. The van der Waals surface area contributed by atoms with Crippen LogP contribution in [0.25, 0.3) is 0 Å². The molecule has 2 aromatic rings. The van der Waals surface area contributed by atoms with E-state index in [1.54, 1.807) is 13.3 Å². The third-order valence-electron chi connectivity index (χ3n) is 2.88. The van der Waals surface area contributed by atoms with E-state index in [-0.39, 0.29) is 0 Å². The van der Waals surface area contributed by atoms with Crippen LogP contribution < -0.4 is 10.1 Å². The number of anilines is 1. The van der Waals surface area contributed by atoms with Crippen LogP contribution in [0, 0.1) is 18.6 Å². The molecule has 1 N–H and O–H groups in total. The van der Waals surface area contributed by atoms with Gasteiger partial charge in [0.05, 0.1) is 19.0 Å². The minimum Gasteiger partial charge on any atom is -0.493 e. The fraction of sp³-hybridized carbons (Fsp3) is 0.267. The second-order valence-electron chi connectivity index (χ2n) is 4.48. The Hall–Kier alpha value is -2.17. The van der Waals surface area contributed by atoms with Crippen molar-refractivity contribution in [2.75, 3.05) is 19.0 Å². The van der Waals surface area contributed by atoms with Crippen LogP contribution >= 0.6 is 0 Å². The van der Waals surface area contributed by atoms with Gasteiger partial charge in [-0.25, -0.2) is 8.78 Å². The van der Waals surface area contributed by atoms with Crippen LogP contribution in [0.5, 0.6) is 5.75 Å². The Balaban J connectivity index is 2.00. The van der Waals surface area contributed by atoms with Crippen molar-refractivity contribution in [2.45, 2.75) is 13.3 Å². The Labute approximate surface area is 116 Å². The molecule has 0 aliphatic rings. The number of nitrogens with zero attached hydrogens (tertiary/aromatic N) is 1. The third kappa shape index (κ3) is 3.66. The van der Waals surface area contributed by atoms with Gasteiger partial charge in [0.15, 0.2) is 5.75 Å². The number of halogens is 2. The summed E-state index contributed by atoms with van der Waals surface area (Å²) in [6.45, 7) is 2.43. The van der Waals surface area contributed by atoms with Crippen molar-refractivity contribution in [1.82, 2.24) is 4.98 Å². The van der Waals surface area contributed by atoms with Crippen molar-refractivity contribution in [2.24, 2.45) is 0 Å². The fourth-order valence-corrected chi connectivity index (χ4v) is 1.94. The van der Waals surface area contributed by atoms with Crippen LogP contribution in [0.4, 0.5) is 14.5 Å². The van der Waals surface area contributed by atoms with Gasteiger partial charge in [-0.1, -0.05) is 0 Å². The zero-order chi connectivity index (χ0) is 14.5. The molecule has 0 spiro atoms. The summed E-state index contributed by atoms with van der Waals surface area (Å²) in [5, 5.41) is 3.18. The number of rotatable bonds is 5. The number of aromatic nitrogens is 1. The Morgan fingerprint density at radius 2 is 1.85 bits per heavy atom. The first kappa shape index (κ1) is 14.2. The number of methoxy groups -OCH3 is 1. The molecule has 0 radical (unpaired) electrons. The Kier molecular flexibility index (Phi) is 4.50. The number of benzene rings is 1. The van der Waals surface area contributed by atoms with Gasteiger partial charge in [0, 0.05) is 18.3 Å². The monoisotopic (exact) mass is 278 g/mol. The second-order valence-corrected chi connectivity index (χ2v) is 4.48. The molecule has 0 saturated carbocycles. The first-order valence-corrected chi connectivity index (χ1v) is 6.28. The largest absolute Gasteiger partial charge is 0.493 e. The van der Waals surface area contributed by atoms with Gasteiger partial charge in [-0.15, -0.1) is 0 Å². The number of pyridine rings is 1. The van der Waals surface area contributed by atoms with E-state index in [2.05, 4.69) is 10.3 Å². The quantitative estimate of drug-likeness (QED) is 0.911. The molecule has 0 aliphatic carbocycles. The van der Waals surface area contributed by atoms with Crippen LogP contribution in [0.1, 0.15) is 11.3 Å². The van der Waals surface area contributed by atoms with Crippen molar-refractivity contribution < 1.29 is 13.5 Å². The van der Waals surface area contributed by atoms with Gasteiger partial charge in [-0.3, -0.25) is 4.98 Å². The molecule has 3 nitrogen and oxygen atoms in total. The van der Waals surface area contributed by atoms with Crippen LogP contribution in [-0.2, 0) is 6.42 Å². The molecule has 1 heterocycles. The predicted molar refractivity (Wildman–Crippen MR) is 74.1 cm³/mol. The molecule has 0 bridgehead atoms. The van der Waals surface area contributed by atoms with Gasteiger partial charge in [-0.2, -0.15) is 0 Å². The number of hydrogen-bond donors (Lipinski definition) is 1. The first-order valence-electron chi connectivity index (χ1n) is 6.28. The molecule has 20 heavy (non-hydrogen) atoms. The van der Waals surface area contributed by atoms with E-state index in [1.807, 2.05) is 13.0 Å². The number of aryl methyl sites for hydroxylation is 1. The van der Waals surface area contributed by atoms with Crippen molar-refractivity contribution in [3.8, 4) is 5.75 Å². The molecule has 0 aliphatic heterocycles. The number of ether oxygens (including phenoxy) is 1. The van der Waals surface area contributed by atoms with Gasteiger partial charge in [0.25, 0.3) is 0 Å². The SMILES string of the molecule is COc1cnc(C)cc1NCCc1cc(F)cc(F)c1. The lowest BCUT2D eigenvalue weighted by molar-refractivity contribution is 0.414. The highest BCUT2D eigenvalue weighted by Crippen LogP contribution is 2.23. The van der Waals surface area contributed by atoms with Crippen molar-refractivity contribution >= 4 is 5.69 Å². The maximum Gasteiger partial charge on any atom is 0.160 e. The molecule has 0 amide bonds. The molecule has 0 fully saturated rings. The highest BCUT2D eigenvalue weighted by atomic mass is 19.1. The van der Waals surface area contributed by atoms with Crippen LogP contribution in [0.15, 0.2) is 30.5 Å². The normalized spacial score (nSPS) is 10.4. The van der Waals surface area contributed by atoms with Crippen LogP contribution in [0.2, 0.25) is 0 Å². The molecule has 0 unspecified atom stereocenters. The molecule has 0 atom stereocenters. The van der Waals surface area contributed by atoms with E-state index in [9.17, 15) is 8.78 Å². The van der Waals surface area contributed by atoms with Gasteiger partial charge in [0.2, 0.25) is 0 Å². The van der Waals surface area contributed by atoms with E-state index >= 15 is 0 Å². The van der Waals surface area contributed by atoms with Crippen molar-refractivity contribution in [1.29, 1.82) is 0 Å². The zero-order valence-corrected chi connectivity index (χ0v) is 11.4. The zero-order valence-electron chi connectivity index (χ0n) is 11.4. The molecule has 0 saturated heterocycles. The summed E-state index contributed by atoms with van der Waals surface area (Å²) >= 11 is 0. The van der Waals surface area contributed by atoms with Gasteiger partial charge >= 0.3 is 0 Å². The summed E-state index contributed by atoms with van der Waals surface area (Å²) in [6, 6.07) is 5.40. The average molecular weight is 278 g/mol. The summed E-state index contributed by atoms with van der Waals surface area (Å²) in [5.41, 5.74) is 2.29. The highest BCUT2D eigenvalue weighted by molar-refractivity contribution is 5.55. The van der Waals surface area contributed by atoms with Crippen LogP contribution in [-0.4, -0.2) is 18.6 Å². The number of hydrogen-bond acceptors (Lipinski definition) is 3. The Bertz CT molecular complexity index is 582. The van der Waals surface area contributed by atoms with Gasteiger partial charge in [0.1, 0.15) is 11.6 Å². The third-order valence-corrected chi connectivity index (χ3v) is 2.88. The fourth-order valence-electron chi connectivity index (χ4n) is 1.94. The summed E-state index contributed by atoms with van der Waals surface area (Å²) < 4.78 is 31.3. The van der Waals surface area contributed by atoms with Crippen LogP contribution in [0.3, 0.4) is 0 Å². The van der Waals surface area contributed by atoms with Crippen molar-refractivity contribution in [3.05, 3.63) is 53.4 Å². The van der Waals surface area contributed by atoms with E-state index in [4.69, 9.17) is 4.74 Å². The second kappa shape index (κ2) is 6.32. The summed E-state index contributed by atoms with van der Waals surface area (Å²) in [4.78, 5) is 4.14. The lowest BCUT2D eigenvalue weighted by atomic mass is 10.1. The molecule has 1 aromatic carbocycles. The minimum atomic E-state index is -0.558. The predicted octanol–water partition coefficient (Wildman–Crippen LogP) is 3.33. The molecule has 2 rings (SSSR count).